The Balaban J connectivity index is 2.89. The largest absolute Gasteiger partial charge is 0.356 e. The van der Waals surface area contributed by atoms with E-state index in [9.17, 15) is 4.39 Å². The van der Waals surface area contributed by atoms with Gasteiger partial charge in [0.05, 0.1) is 5.69 Å². The van der Waals surface area contributed by atoms with E-state index in [1.54, 1.807) is 18.9 Å². The average molecular weight is 218 g/mol. The molecule has 0 aliphatic rings. The first-order valence-electron chi connectivity index (χ1n) is 4.34. The topological polar surface area (TPSA) is 29.0 Å². The minimum Gasteiger partial charge on any atom is -0.356 e. The standard InChI is InChI=1S/C9H13ClFN3/c1-6(10)4-14(3)9-8(11)7(2)12-5-13-9/h5-6H,4H2,1-3H3. The second-order valence-corrected chi connectivity index (χ2v) is 4.00. The Morgan fingerprint density at radius 3 is 2.79 bits per heavy atom. The minimum atomic E-state index is -0.382. The van der Waals surface area contributed by atoms with Crippen molar-refractivity contribution >= 4 is 17.4 Å². The molecule has 0 N–H and O–H groups in total. The number of hydrogen-bond acceptors (Lipinski definition) is 3. The molecule has 0 aromatic carbocycles. The molecule has 1 aromatic heterocycles. The number of anilines is 1. The first kappa shape index (κ1) is 11.2. The summed E-state index contributed by atoms with van der Waals surface area (Å²) in [4.78, 5) is 9.31. The maximum Gasteiger partial charge on any atom is 0.186 e. The Morgan fingerprint density at radius 2 is 2.21 bits per heavy atom. The van der Waals surface area contributed by atoms with Crippen molar-refractivity contribution in [2.24, 2.45) is 0 Å². The number of aryl methyl sites for hydroxylation is 1. The maximum atomic E-state index is 13.5. The molecule has 0 amide bonds. The molecule has 0 aliphatic carbocycles. The number of rotatable bonds is 3. The number of nitrogens with zero attached hydrogens (tertiary/aromatic N) is 3. The van der Waals surface area contributed by atoms with Crippen molar-refractivity contribution in [1.82, 2.24) is 9.97 Å². The SMILES string of the molecule is Cc1ncnc(N(C)CC(C)Cl)c1F. The predicted molar refractivity (Wildman–Crippen MR) is 55.3 cm³/mol. The lowest BCUT2D eigenvalue weighted by Gasteiger charge is -2.19. The zero-order chi connectivity index (χ0) is 10.7. The van der Waals surface area contributed by atoms with E-state index in [2.05, 4.69) is 9.97 Å². The molecule has 0 bridgehead atoms. The third kappa shape index (κ3) is 2.54. The van der Waals surface area contributed by atoms with Crippen LogP contribution in [0.2, 0.25) is 0 Å². The summed E-state index contributed by atoms with van der Waals surface area (Å²) in [5.74, 6) is -0.0858. The fourth-order valence-corrected chi connectivity index (χ4v) is 1.38. The zero-order valence-corrected chi connectivity index (χ0v) is 9.22. The van der Waals surface area contributed by atoms with Crippen LogP contribution in [-0.2, 0) is 0 Å². The van der Waals surface area contributed by atoms with Gasteiger partial charge in [0.1, 0.15) is 6.33 Å². The van der Waals surface area contributed by atoms with Crippen LogP contribution in [0.5, 0.6) is 0 Å². The molecule has 0 radical (unpaired) electrons. The van der Waals surface area contributed by atoms with Gasteiger partial charge in [0, 0.05) is 19.0 Å². The lowest BCUT2D eigenvalue weighted by Crippen LogP contribution is -2.26. The number of halogens is 2. The Bertz CT molecular complexity index is 317. The third-order valence-electron chi connectivity index (χ3n) is 1.83. The van der Waals surface area contributed by atoms with E-state index in [-0.39, 0.29) is 11.2 Å². The minimum absolute atomic E-state index is 0.0466. The van der Waals surface area contributed by atoms with Crippen LogP contribution < -0.4 is 4.90 Å². The average Bonchev–Trinajstić information content (AvgIpc) is 2.08. The van der Waals surface area contributed by atoms with E-state index < -0.39 is 0 Å². The Kier molecular flexibility index (Phi) is 3.63. The van der Waals surface area contributed by atoms with E-state index >= 15 is 0 Å². The summed E-state index contributed by atoms with van der Waals surface area (Å²) in [5, 5.41) is -0.0466. The van der Waals surface area contributed by atoms with Gasteiger partial charge >= 0.3 is 0 Å². The highest BCUT2D eigenvalue weighted by molar-refractivity contribution is 6.20. The van der Waals surface area contributed by atoms with Crippen molar-refractivity contribution in [2.45, 2.75) is 19.2 Å². The number of aromatic nitrogens is 2. The van der Waals surface area contributed by atoms with Gasteiger partial charge in [0.2, 0.25) is 0 Å². The molecule has 0 aliphatic heterocycles. The fourth-order valence-electron chi connectivity index (χ4n) is 1.18. The summed E-state index contributed by atoms with van der Waals surface area (Å²) in [5.41, 5.74) is 0.351. The first-order valence-corrected chi connectivity index (χ1v) is 4.78. The van der Waals surface area contributed by atoms with E-state index in [0.29, 0.717) is 18.1 Å². The van der Waals surface area contributed by atoms with Gasteiger partial charge in [-0.15, -0.1) is 11.6 Å². The van der Waals surface area contributed by atoms with Gasteiger partial charge in [0.15, 0.2) is 11.6 Å². The predicted octanol–water partition coefficient (Wildman–Crippen LogP) is 1.99. The highest BCUT2D eigenvalue weighted by Crippen LogP contribution is 2.16. The van der Waals surface area contributed by atoms with Crippen LogP contribution in [-0.4, -0.2) is 28.9 Å². The van der Waals surface area contributed by atoms with Crippen molar-refractivity contribution in [3.05, 3.63) is 17.8 Å². The molecule has 3 nitrogen and oxygen atoms in total. The van der Waals surface area contributed by atoms with Crippen LogP contribution in [0.15, 0.2) is 6.33 Å². The summed E-state index contributed by atoms with van der Waals surface area (Å²) in [6.45, 7) is 4.01. The summed E-state index contributed by atoms with van der Waals surface area (Å²) < 4.78 is 13.5. The molecule has 1 unspecified atom stereocenters. The van der Waals surface area contributed by atoms with E-state index in [1.807, 2.05) is 6.92 Å². The highest BCUT2D eigenvalue weighted by atomic mass is 35.5. The van der Waals surface area contributed by atoms with Crippen molar-refractivity contribution < 1.29 is 4.39 Å². The lowest BCUT2D eigenvalue weighted by atomic mass is 10.3. The summed E-state index contributed by atoms with van der Waals surface area (Å²) >= 11 is 5.81. The van der Waals surface area contributed by atoms with Crippen molar-refractivity contribution in [3.8, 4) is 0 Å². The van der Waals surface area contributed by atoms with Gasteiger partial charge in [-0.05, 0) is 13.8 Å². The summed E-state index contributed by atoms with van der Waals surface area (Å²) in [7, 11) is 1.75. The molecule has 0 saturated heterocycles. The summed E-state index contributed by atoms with van der Waals surface area (Å²) in [6.07, 6.45) is 1.35. The smallest absolute Gasteiger partial charge is 0.186 e. The van der Waals surface area contributed by atoms with Crippen molar-refractivity contribution in [2.75, 3.05) is 18.5 Å². The Morgan fingerprint density at radius 1 is 1.57 bits per heavy atom. The van der Waals surface area contributed by atoms with Gasteiger partial charge in [-0.25, -0.2) is 14.4 Å². The Hall–Kier alpha value is -0.900. The zero-order valence-electron chi connectivity index (χ0n) is 8.46. The van der Waals surface area contributed by atoms with Crippen LogP contribution in [0.4, 0.5) is 10.2 Å². The van der Waals surface area contributed by atoms with Gasteiger partial charge in [-0.3, -0.25) is 0 Å². The van der Waals surface area contributed by atoms with E-state index in [1.165, 1.54) is 6.33 Å². The second kappa shape index (κ2) is 4.55. The molecule has 1 rings (SSSR count). The van der Waals surface area contributed by atoms with Gasteiger partial charge in [-0.1, -0.05) is 0 Å². The van der Waals surface area contributed by atoms with E-state index in [0.717, 1.165) is 0 Å². The number of hydrogen-bond donors (Lipinski definition) is 0. The van der Waals surface area contributed by atoms with Gasteiger partial charge < -0.3 is 4.90 Å². The van der Waals surface area contributed by atoms with Crippen molar-refractivity contribution in [3.63, 3.8) is 0 Å². The van der Waals surface area contributed by atoms with Gasteiger partial charge in [0.25, 0.3) is 0 Å². The third-order valence-corrected chi connectivity index (χ3v) is 1.97. The monoisotopic (exact) mass is 217 g/mol. The lowest BCUT2D eigenvalue weighted by molar-refractivity contribution is 0.595. The van der Waals surface area contributed by atoms with E-state index in [4.69, 9.17) is 11.6 Å². The molecule has 0 saturated carbocycles. The fraction of sp³-hybridized carbons (Fsp3) is 0.556. The number of alkyl halides is 1. The maximum absolute atomic E-state index is 13.5. The molecular formula is C9H13ClFN3. The summed E-state index contributed by atoms with van der Waals surface area (Å²) in [6, 6.07) is 0. The molecular weight excluding hydrogens is 205 g/mol. The molecule has 78 valence electrons. The highest BCUT2D eigenvalue weighted by Gasteiger charge is 2.13. The van der Waals surface area contributed by atoms with Crippen molar-refractivity contribution in [1.29, 1.82) is 0 Å². The Labute approximate surface area is 87.9 Å². The van der Waals surface area contributed by atoms with Crippen LogP contribution in [0.3, 0.4) is 0 Å². The molecule has 1 aromatic rings. The second-order valence-electron chi connectivity index (χ2n) is 3.26. The molecule has 0 fully saturated rings. The quantitative estimate of drug-likeness (QED) is 0.726. The molecule has 1 atom stereocenters. The molecule has 5 heteroatoms. The van der Waals surface area contributed by atoms with Crippen LogP contribution in [0, 0.1) is 12.7 Å². The molecule has 0 spiro atoms. The first-order chi connectivity index (χ1) is 6.52. The normalized spacial score (nSPS) is 12.6. The van der Waals surface area contributed by atoms with Crippen LogP contribution in [0.25, 0.3) is 0 Å². The van der Waals surface area contributed by atoms with Crippen LogP contribution in [0.1, 0.15) is 12.6 Å². The van der Waals surface area contributed by atoms with Gasteiger partial charge in [-0.2, -0.15) is 0 Å². The molecule has 1 heterocycles. The van der Waals surface area contributed by atoms with Crippen LogP contribution >= 0.6 is 11.6 Å². The molecule has 14 heavy (non-hydrogen) atoms.